The number of aromatic nitrogens is 1. The van der Waals surface area contributed by atoms with Crippen LogP contribution in [-0.2, 0) is 0 Å². The van der Waals surface area contributed by atoms with E-state index in [0.29, 0.717) is 17.6 Å². The number of amides is 1. The second-order valence-electron chi connectivity index (χ2n) is 6.38. The highest BCUT2D eigenvalue weighted by atomic mass is 16.3. The Morgan fingerprint density at radius 1 is 1.17 bits per heavy atom. The van der Waals surface area contributed by atoms with Crippen molar-refractivity contribution in [3.8, 4) is 11.5 Å². The normalized spacial score (nSPS) is 22.0. The Balaban J connectivity index is 1.42. The van der Waals surface area contributed by atoms with Gasteiger partial charge in [0.2, 0.25) is 5.89 Å². The number of rotatable bonds is 3. The number of benzene rings is 1. The quantitative estimate of drug-likeness (QED) is 0.925. The molecule has 0 aliphatic carbocycles. The van der Waals surface area contributed by atoms with Gasteiger partial charge in [0.05, 0.1) is 0 Å². The Morgan fingerprint density at radius 3 is 2.75 bits per heavy atom. The number of carbonyl (C=O) groups is 1. The summed E-state index contributed by atoms with van der Waals surface area (Å²) in [6, 6.07) is 10.1. The van der Waals surface area contributed by atoms with Crippen LogP contribution in [0.1, 0.15) is 16.9 Å². The summed E-state index contributed by atoms with van der Waals surface area (Å²) in [5.41, 5.74) is 1.28. The molecule has 1 N–H and O–H groups in total. The van der Waals surface area contributed by atoms with E-state index < -0.39 is 0 Å². The molecule has 2 aliphatic rings. The van der Waals surface area contributed by atoms with E-state index in [2.05, 4.69) is 15.2 Å². The molecule has 24 heavy (non-hydrogen) atoms. The summed E-state index contributed by atoms with van der Waals surface area (Å²) in [5, 5.41) is 3.37. The minimum absolute atomic E-state index is 0.0291. The van der Waals surface area contributed by atoms with Gasteiger partial charge >= 0.3 is 0 Å². The van der Waals surface area contributed by atoms with Gasteiger partial charge in [0, 0.05) is 50.9 Å². The molecule has 0 bridgehead atoms. The van der Waals surface area contributed by atoms with E-state index >= 15 is 0 Å². The van der Waals surface area contributed by atoms with Crippen LogP contribution >= 0.6 is 0 Å². The summed E-state index contributed by atoms with van der Waals surface area (Å²) in [7, 11) is 0. The monoisotopic (exact) mass is 326 g/mol. The lowest BCUT2D eigenvalue weighted by molar-refractivity contribution is 0.0767. The Bertz CT molecular complexity index is 694. The minimum atomic E-state index is -0.0291. The van der Waals surface area contributed by atoms with Crippen molar-refractivity contribution in [2.75, 3.05) is 39.3 Å². The summed E-state index contributed by atoms with van der Waals surface area (Å²) in [4.78, 5) is 21.5. The third kappa shape index (κ3) is 3.07. The SMILES string of the molecule is O=C(c1coc(-c2ccccc2)n1)N1CCC(N2CCNCC2)C1. The lowest BCUT2D eigenvalue weighted by atomic mass is 10.2. The molecule has 126 valence electrons. The molecule has 1 aromatic carbocycles. The summed E-state index contributed by atoms with van der Waals surface area (Å²) in [6.07, 6.45) is 2.51. The number of hydrogen-bond donors (Lipinski definition) is 1. The predicted octanol–water partition coefficient (Wildman–Crippen LogP) is 1.46. The molecule has 6 nitrogen and oxygen atoms in total. The highest BCUT2D eigenvalue weighted by Gasteiger charge is 2.32. The summed E-state index contributed by atoms with van der Waals surface area (Å²) >= 11 is 0. The molecule has 0 saturated carbocycles. The molecule has 0 radical (unpaired) electrons. The van der Waals surface area contributed by atoms with Gasteiger partial charge in [-0.3, -0.25) is 9.69 Å². The first-order valence-electron chi connectivity index (χ1n) is 8.56. The molecule has 0 spiro atoms. The first-order chi connectivity index (χ1) is 11.8. The first-order valence-corrected chi connectivity index (χ1v) is 8.56. The molecule has 4 rings (SSSR count). The lowest BCUT2D eigenvalue weighted by Crippen LogP contribution is -2.49. The van der Waals surface area contributed by atoms with Gasteiger partial charge < -0.3 is 14.6 Å². The zero-order chi connectivity index (χ0) is 16.4. The molecule has 1 aromatic heterocycles. The van der Waals surface area contributed by atoms with E-state index in [1.54, 1.807) is 0 Å². The number of carbonyl (C=O) groups excluding carboxylic acids is 1. The molecular weight excluding hydrogens is 304 g/mol. The number of likely N-dealkylation sites (tertiary alicyclic amines) is 1. The third-order valence-corrected chi connectivity index (χ3v) is 4.86. The van der Waals surface area contributed by atoms with Crippen LogP contribution < -0.4 is 5.32 Å². The van der Waals surface area contributed by atoms with Gasteiger partial charge in [0.1, 0.15) is 6.26 Å². The van der Waals surface area contributed by atoms with E-state index in [1.165, 1.54) is 6.26 Å². The van der Waals surface area contributed by atoms with Gasteiger partial charge in [-0.15, -0.1) is 0 Å². The van der Waals surface area contributed by atoms with Crippen LogP contribution in [0.25, 0.3) is 11.5 Å². The number of nitrogens with one attached hydrogen (secondary N) is 1. The minimum Gasteiger partial charge on any atom is -0.444 e. The maximum absolute atomic E-state index is 12.7. The van der Waals surface area contributed by atoms with E-state index in [4.69, 9.17) is 4.42 Å². The van der Waals surface area contributed by atoms with Gasteiger partial charge in [-0.2, -0.15) is 0 Å². The van der Waals surface area contributed by atoms with E-state index in [1.807, 2.05) is 35.2 Å². The van der Waals surface area contributed by atoms with Crippen LogP contribution in [-0.4, -0.2) is 66.0 Å². The molecule has 1 unspecified atom stereocenters. The fourth-order valence-corrected chi connectivity index (χ4v) is 3.52. The molecule has 6 heteroatoms. The smallest absolute Gasteiger partial charge is 0.275 e. The summed E-state index contributed by atoms with van der Waals surface area (Å²) in [6.45, 7) is 5.78. The Hall–Kier alpha value is -2.18. The van der Waals surface area contributed by atoms with Crippen molar-refractivity contribution in [2.24, 2.45) is 0 Å². The topological polar surface area (TPSA) is 61.6 Å². The maximum Gasteiger partial charge on any atom is 0.275 e. The van der Waals surface area contributed by atoms with E-state index in [0.717, 1.165) is 51.3 Å². The van der Waals surface area contributed by atoms with Crippen molar-refractivity contribution in [1.29, 1.82) is 0 Å². The van der Waals surface area contributed by atoms with Crippen molar-refractivity contribution >= 4 is 5.91 Å². The van der Waals surface area contributed by atoms with Crippen molar-refractivity contribution in [1.82, 2.24) is 20.1 Å². The molecule has 2 aliphatic heterocycles. The molecule has 2 saturated heterocycles. The largest absolute Gasteiger partial charge is 0.444 e. The van der Waals surface area contributed by atoms with Gasteiger partial charge in [0.25, 0.3) is 5.91 Å². The van der Waals surface area contributed by atoms with Crippen molar-refractivity contribution in [2.45, 2.75) is 12.5 Å². The molecule has 2 fully saturated rings. The molecular formula is C18H22N4O2. The average molecular weight is 326 g/mol. The highest BCUT2D eigenvalue weighted by molar-refractivity contribution is 5.92. The van der Waals surface area contributed by atoms with Crippen molar-refractivity contribution in [3.63, 3.8) is 0 Å². The second kappa shape index (κ2) is 6.75. The van der Waals surface area contributed by atoms with Crippen LogP contribution in [0.2, 0.25) is 0 Å². The summed E-state index contributed by atoms with van der Waals surface area (Å²) < 4.78 is 5.50. The number of oxazole rings is 1. The Morgan fingerprint density at radius 2 is 1.96 bits per heavy atom. The highest BCUT2D eigenvalue weighted by Crippen LogP contribution is 2.21. The van der Waals surface area contributed by atoms with Gasteiger partial charge in [-0.05, 0) is 18.6 Å². The zero-order valence-electron chi connectivity index (χ0n) is 13.6. The van der Waals surface area contributed by atoms with Crippen molar-refractivity contribution < 1.29 is 9.21 Å². The molecule has 3 heterocycles. The Kier molecular flexibility index (Phi) is 4.32. The second-order valence-corrected chi connectivity index (χ2v) is 6.38. The van der Waals surface area contributed by atoms with Gasteiger partial charge in [-0.25, -0.2) is 4.98 Å². The first kappa shape index (κ1) is 15.4. The fraction of sp³-hybridized carbons (Fsp3) is 0.444. The van der Waals surface area contributed by atoms with Crippen LogP contribution in [0.4, 0.5) is 0 Å². The average Bonchev–Trinajstić information content (AvgIpc) is 3.33. The number of nitrogens with zero attached hydrogens (tertiary/aromatic N) is 3. The van der Waals surface area contributed by atoms with E-state index in [9.17, 15) is 4.79 Å². The fourth-order valence-electron chi connectivity index (χ4n) is 3.52. The van der Waals surface area contributed by atoms with Crippen LogP contribution in [0.3, 0.4) is 0 Å². The van der Waals surface area contributed by atoms with Crippen LogP contribution in [0.5, 0.6) is 0 Å². The van der Waals surface area contributed by atoms with Gasteiger partial charge in [-0.1, -0.05) is 18.2 Å². The Labute approximate surface area is 141 Å². The van der Waals surface area contributed by atoms with Crippen LogP contribution in [0.15, 0.2) is 41.0 Å². The standard InChI is InChI=1S/C18H22N4O2/c23-18(16-13-24-17(20-16)14-4-2-1-3-5-14)22-9-6-15(12-22)21-10-7-19-8-11-21/h1-5,13,15,19H,6-12H2. The van der Waals surface area contributed by atoms with Crippen molar-refractivity contribution in [3.05, 3.63) is 42.3 Å². The lowest BCUT2D eigenvalue weighted by Gasteiger charge is -2.32. The summed E-state index contributed by atoms with van der Waals surface area (Å²) in [5.74, 6) is 0.468. The van der Waals surface area contributed by atoms with Gasteiger partial charge in [0.15, 0.2) is 5.69 Å². The third-order valence-electron chi connectivity index (χ3n) is 4.86. The molecule has 2 aromatic rings. The van der Waals surface area contributed by atoms with Crippen LogP contribution in [0, 0.1) is 0 Å². The maximum atomic E-state index is 12.7. The van der Waals surface area contributed by atoms with E-state index in [-0.39, 0.29) is 5.91 Å². The predicted molar refractivity (Wildman–Crippen MR) is 90.7 cm³/mol. The zero-order valence-corrected chi connectivity index (χ0v) is 13.6. The molecule has 1 atom stereocenters. The number of piperazine rings is 1. The molecule has 1 amide bonds. The number of hydrogen-bond acceptors (Lipinski definition) is 5.